The Morgan fingerprint density at radius 2 is 1.89 bits per heavy atom. The number of pyridine rings is 1. The SMILES string of the molecule is Cc1[nH]c2ccc(Oc3ccnc4cc(OCCCN5CCS(=O)(=O)CC5)c(C#N)cc34)cc2c1C. The third-order valence-corrected chi connectivity index (χ3v) is 8.35. The number of hydrogen-bond acceptors (Lipinski definition) is 7. The van der Waals surface area contributed by atoms with Gasteiger partial charge in [-0.15, -0.1) is 0 Å². The maximum Gasteiger partial charge on any atom is 0.152 e. The number of aromatic nitrogens is 2. The molecule has 3 heterocycles. The van der Waals surface area contributed by atoms with E-state index in [1.165, 1.54) is 5.56 Å². The third-order valence-electron chi connectivity index (χ3n) is 6.74. The Labute approximate surface area is 210 Å². The molecular weight excluding hydrogens is 476 g/mol. The van der Waals surface area contributed by atoms with Crippen LogP contribution in [0.3, 0.4) is 0 Å². The lowest BCUT2D eigenvalue weighted by atomic mass is 10.1. The second-order valence-electron chi connectivity index (χ2n) is 9.17. The highest BCUT2D eigenvalue weighted by molar-refractivity contribution is 7.91. The van der Waals surface area contributed by atoms with Crippen LogP contribution in [0.4, 0.5) is 0 Å². The van der Waals surface area contributed by atoms with Gasteiger partial charge in [0, 0.05) is 53.9 Å². The first kappa shape index (κ1) is 24.1. The molecule has 8 nitrogen and oxygen atoms in total. The number of nitrogens with one attached hydrogen (secondary N) is 1. The zero-order chi connectivity index (χ0) is 25.3. The quantitative estimate of drug-likeness (QED) is 0.369. The molecule has 2 aromatic heterocycles. The van der Waals surface area contributed by atoms with Gasteiger partial charge in [-0.2, -0.15) is 5.26 Å². The fourth-order valence-corrected chi connectivity index (χ4v) is 5.80. The Kier molecular flexibility index (Phi) is 6.56. The maximum atomic E-state index is 11.6. The van der Waals surface area contributed by atoms with Crippen molar-refractivity contribution in [2.24, 2.45) is 0 Å². The van der Waals surface area contributed by atoms with E-state index in [2.05, 4.69) is 34.8 Å². The maximum absolute atomic E-state index is 11.6. The number of H-pyrrole nitrogens is 1. The number of nitriles is 1. The summed E-state index contributed by atoms with van der Waals surface area (Å²) in [5.41, 5.74) is 4.48. The van der Waals surface area contributed by atoms with Crippen LogP contribution in [0.5, 0.6) is 17.2 Å². The molecular formula is C27H28N4O4S. The van der Waals surface area contributed by atoms with Crippen molar-refractivity contribution in [2.75, 3.05) is 37.7 Å². The van der Waals surface area contributed by atoms with E-state index in [1.807, 2.05) is 18.2 Å². The Hall–Kier alpha value is -3.61. The van der Waals surface area contributed by atoms with Crippen LogP contribution in [0.25, 0.3) is 21.8 Å². The Morgan fingerprint density at radius 1 is 1.08 bits per heavy atom. The van der Waals surface area contributed by atoms with Crippen molar-refractivity contribution in [1.29, 1.82) is 5.26 Å². The predicted molar refractivity (Wildman–Crippen MR) is 140 cm³/mol. The fourth-order valence-electron chi connectivity index (χ4n) is 4.52. The molecule has 9 heteroatoms. The highest BCUT2D eigenvalue weighted by atomic mass is 32.2. The van der Waals surface area contributed by atoms with E-state index < -0.39 is 9.84 Å². The Bertz CT molecular complexity index is 1570. The molecule has 4 aromatic rings. The van der Waals surface area contributed by atoms with Crippen LogP contribution in [0.2, 0.25) is 0 Å². The second kappa shape index (κ2) is 9.80. The van der Waals surface area contributed by atoms with Gasteiger partial charge in [0.1, 0.15) is 23.3 Å². The van der Waals surface area contributed by atoms with Crippen LogP contribution < -0.4 is 9.47 Å². The molecule has 0 amide bonds. The highest BCUT2D eigenvalue weighted by Crippen LogP contribution is 2.34. The molecule has 36 heavy (non-hydrogen) atoms. The lowest BCUT2D eigenvalue weighted by Crippen LogP contribution is -2.40. The van der Waals surface area contributed by atoms with E-state index in [0.29, 0.717) is 48.0 Å². The molecule has 1 fully saturated rings. The fraction of sp³-hybridized carbons (Fsp3) is 0.333. The molecule has 0 aliphatic carbocycles. The van der Waals surface area contributed by atoms with Crippen LogP contribution >= 0.6 is 0 Å². The average Bonchev–Trinajstić information content (AvgIpc) is 3.15. The lowest BCUT2D eigenvalue weighted by molar-refractivity contribution is 0.245. The van der Waals surface area contributed by atoms with Gasteiger partial charge >= 0.3 is 0 Å². The number of aromatic amines is 1. The summed E-state index contributed by atoms with van der Waals surface area (Å²) >= 11 is 0. The third kappa shape index (κ3) is 5.01. The van der Waals surface area contributed by atoms with E-state index in [-0.39, 0.29) is 11.5 Å². The summed E-state index contributed by atoms with van der Waals surface area (Å²) in [6, 6.07) is 13.5. The van der Waals surface area contributed by atoms with Crippen LogP contribution in [0, 0.1) is 25.2 Å². The molecule has 2 aromatic carbocycles. The zero-order valence-electron chi connectivity index (χ0n) is 20.4. The van der Waals surface area contributed by atoms with Crippen molar-refractivity contribution in [3.63, 3.8) is 0 Å². The minimum Gasteiger partial charge on any atom is -0.492 e. The van der Waals surface area contributed by atoms with Crippen LogP contribution in [0.1, 0.15) is 23.2 Å². The molecule has 0 bridgehead atoms. The van der Waals surface area contributed by atoms with Gasteiger partial charge in [-0.1, -0.05) is 0 Å². The first-order chi connectivity index (χ1) is 17.3. The van der Waals surface area contributed by atoms with Gasteiger partial charge in [-0.3, -0.25) is 4.98 Å². The van der Waals surface area contributed by atoms with Gasteiger partial charge in [0.2, 0.25) is 0 Å². The largest absolute Gasteiger partial charge is 0.492 e. The molecule has 0 radical (unpaired) electrons. The highest BCUT2D eigenvalue weighted by Gasteiger charge is 2.21. The summed E-state index contributed by atoms with van der Waals surface area (Å²) in [5, 5.41) is 11.6. The van der Waals surface area contributed by atoms with E-state index in [0.717, 1.165) is 34.9 Å². The van der Waals surface area contributed by atoms with Gasteiger partial charge < -0.3 is 19.4 Å². The minimum atomic E-state index is -2.88. The first-order valence-electron chi connectivity index (χ1n) is 12.0. The average molecular weight is 505 g/mol. The summed E-state index contributed by atoms with van der Waals surface area (Å²) in [5.74, 6) is 2.24. The number of benzene rings is 2. The topological polar surface area (TPSA) is 108 Å². The van der Waals surface area contributed by atoms with Gasteiger partial charge in [-0.25, -0.2) is 8.42 Å². The monoisotopic (exact) mass is 504 g/mol. The number of hydrogen-bond donors (Lipinski definition) is 1. The summed E-state index contributed by atoms with van der Waals surface area (Å²) < 4.78 is 35.3. The number of ether oxygens (including phenoxy) is 2. The number of sulfone groups is 1. The van der Waals surface area contributed by atoms with Gasteiger partial charge in [0.25, 0.3) is 0 Å². The summed E-state index contributed by atoms with van der Waals surface area (Å²) in [6.07, 6.45) is 2.42. The normalized spacial score (nSPS) is 15.7. The van der Waals surface area contributed by atoms with E-state index in [1.54, 1.807) is 24.4 Å². The summed E-state index contributed by atoms with van der Waals surface area (Å²) in [4.78, 5) is 9.97. The van der Waals surface area contributed by atoms with Crippen molar-refractivity contribution in [3.8, 4) is 23.3 Å². The standard InChI is InChI=1S/C27H28N4O4S/c1-18-19(2)30-24-5-4-21(15-22(18)24)35-26-6-7-29-25-16-27(20(17-28)14-23(25)26)34-11-3-8-31-9-12-36(32,33)13-10-31/h4-7,14-16,30H,3,8-13H2,1-2H3. The molecule has 186 valence electrons. The van der Waals surface area contributed by atoms with Crippen molar-refractivity contribution in [1.82, 2.24) is 14.9 Å². The molecule has 0 saturated carbocycles. The van der Waals surface area contributed by atoms with Gasteiger partial charge in [0.15, 0.2) is 9.84 Å². The van der Waals surface area contributed by atoms with Crippen molar-refractivity contribution in [3.05, 3.63) is 59.4 Å². The minimum absolute atomic E-state index is 0.214. The van der Waals surface area contributed by atoms with Gasteiger partial charge in [0.05, 0.1) is 29.2 Å². The lowest BCUT2D eigenvalue weighted by Gasteiger charge is -2.26. The molecule has 1 aliphatic rings. The van der Waals surface area contributed by atoms with Crippen molar-refractivity contribution < 1.29 is 17.9 Å². The second-order valence-corrected chi connectivity index (χ2v) is 11.5. The van der Waals surface area contributed by atoms with Crippen molar-refractivity contribution >= 4 is 31.6 Å². The molecule has 1 aliphatic heterocycles. The predicted octanol–water partition coefficient (Wildman–Crippen LogP) is 4.50. The van der Waals surface area contributed by atoms with Crippen molar-refractivity contribution in [2.45, 2.75) is 20.3 Å². The summed E-state index contributed by atoms with van der Waals surface area (Å²) in [7, 11) is -2.88. The number of rotatable bonds is 7. The van der Waals surface area contributed by atoms with E-state index >= 15 is 0 Å². The number of aryl methyl sites for hydroxylation is 2. The Balaban J connectivity index is 1.30. The summed E-state index contributed by atoms with van der Waals surface area (Å²) in [6.45, 7) is 6.43. The molecule has 5 rings (SSSR count). The smallest absolute Gasteiger partial charge is 0.152 e. The number of nitrogens with zero attached hydrogens (tertiary/aromatic N) is 3. The molecule has 1 saturated heterocycles. The molecule has 0 unspecified atom stereocenters. The Morgan fingerprint density at radius 3 is 2.67 bits per heavy atom. The number of fused-ring (bicyclic) bond motifs is 2. The van der Waals surface area contributed by atoms with E-state index in [9.17, 15) is 13.7 Å². The van der Waals surface area contributed by atoms with Gasteiger partial charge in [-0.05, 0) is 56.2 Å². The molecule has 0 spiro atoms. The zero-order valence-corrected chi connectivity index (χ0v) is 21.2. The molecule has 1 N–H and O–H groups in total. The van der Waals surface area contributed by atoms with Crippen LogP contribution in [-0.2, 0) is 9.84 Å². The van der Waals surface area contributed by atoms with Crippen LogP contribution in [-0.4, -0.2) is 61.0 Å². The van der Waals surface area contributed by atoms with E-state index in [4.69, 9.17) is 9.47 Å². The molecule has 0 atom stereocenters. The van der Waals surface area contributed by atoms with Crippen LogP contribution in [0.15, 0.2) is 42.6 Å². The first-order valence-corrected chi connectivity index (χ1v) is 13.8.